The van der Waals surface area contributed by atoms with Gasteiger partial charge in [0.2, 0.25) is 0 Å². The molecule has 41 heavy (non-hydrogen) atoms. The summed E-state index contributed by atoms with van der Waals surface area (Å²) in [4.78, 5) is 12.3. The lowest BCUT2D eigenvalue weighted by atomic mass is 9.72. The molecule has 2 N–H and O–H groups in total. The first-order valence-electron chi connectivity index (χ1n) is 14.0. The van der Waals surface area contributed by atoms with Crippen LogP contribution in [0.25, 0.3) is 5.57 Å². The first kappa shape index (κ1) is 32.7. The van der Waals surface area contributed by atoms with Crippen molar-refractivity contribution in [2.24, 2.45) is 10.8 Å². The van der Waals surface area contributed by atoms with E-state index in [4.69, 9.17) is 9.47 Å². The van der Waals surface area contributed by atoms with E-state index in [0.29, 0.717) is 18.5 Å². The van der Waals surface area contributed by atoms with E-state index in [1.807, 2.05) is 26.0 Å². The molecule has 1 aliphatic carbocycles. The molecule has 0 bridgehead atoms. The van der Waals surface area contributed by atoms with E-state index in [0.717, 1.165) is 53.8 Å². The Labute approximate surface area is 242 Å². The SMILES string of the molecule is COC(=O)C(C)(C)Cc1ccc(OC)c(C2=C(CN[C@@H](C)[C@H](O)c3cc(C)cc(C(F)(F)F)c3)CC(C)(C)CC2)c1. The molecule has 0 fully saturated rings. The minimum Gasteiger partial charge on any atom is -0.496 e. The summed E-state index contributed by atoms with van der Waals surface area (Å²) >= 11 is 0. The molecule has 3 rings (SSSR count). The van der Waals surface area contributed by atoms with Gasteiger partial charge in [-0.2, -0.15) is 13.2 Å². The molecule has 0 saturated carbocycles. The van der Waals surface area contributed by atoms with E-state index in [9.17, 15) is 23.1 Å². The quantitative estimate of drug-likeness (QED) is 0.288. The maximum atomic E-state index is 13.4. The number of benzene rings is 2. The molecule has 2 aromatic rings. The normalized spacial score (nSPS) is 17.3. The number of ether oxygens (including phenoxy) is 2. The standard InChI is InChI=1S/C33H44F3NO4/c1-20-13-23(16-25(14-20)33(34,35)36)29(38)21(2)37-19-24-18-31(3,4)12-11-26(24)27-15-22(9-10-28(27)40-7)17-32(5,6)30(39)41-8/h9-10,13-16,21,29,37-38H,11-12,17-19H2,1-8H3/t21-,29-/m0/s1. The molecule has 0 unspecified atom stereocenters. The van der Waals surface area contributed by atoms with E-state index in [2.05, 4.69) is 25.2 Å². The number of aliphatic hydroxyl groups is 1. The molecule has 5 nitrogen and oxygen atoms in total. The van der Waals surface area contributed by atoms with Crippen molar-refractivity contribution in [3.05, 3.63) is 69.8 Å². The van der Waals surface area contributed by atoms with Crippen LogP contribution in [-0.4, -0.2) is 37.9 Å². The molecule has 2 aromatic carbocycles. The van der Waals surface area contributed by atoms with E-state index >= 15 is 0 Å². The Morgan fingerprint density at radius 1 is 1.12 bits per heavy atom. The van der Waals surface area contributed by atoms with Gasteiger partial charge in [0.1, 0.15) is 5.75 Å². The van der Waals surface area contributed by atoms with E-state index in [1.165, 1.54) is 12.7 Å². The fraction of sp³-hybridized carbons (Fsp3) is 0.545. The summed E-state index contributed by atoms with van der Waals surface area (Å²) in [5.74, 6) is 0.464. The van der Waals surface area contributed by atoms with Gasteiger partial charge in [-0.25, -0.2) is 0 Å². The van der Waals surface area contributed by atoms with Crippen molar-refractivity contribution in [2.75, 3.05) is 20.8 Å². The monoisotopic (exact) mass is 575 g/mol. The van der Waals surface area contributed by atoms with E-state index < -0.39 is 29.3 Å². The van der Waals surface area contributed by atoms with E-state index in [1.54, 1.807) is 27.0 Å². The minimum absolute atomic E-state index is 0.0677. The molecule has 8 heteroatoms. The van der Waals surface area contributed by atoms with Gasteiger partial charge in [0.05, 0.1) is 31.3 Å². The molecular formula is C33H44F3NO4. The Hall–Kier alpha value is -2.84. The predicted molar refractivity (Wildman–Crippen MR) is 156 cm³/mol. The number of carbonyl (C=O) groups is 1. The van der Waals surface area contributed by atoms with Gasteiger partial charge < -0.3 is 19.9 Å². The van der Waals surface area contributed by atoms with Crippen LogP contribution in [0, 0.1) is 17.8 Å². The third kappa shape index (κ3) is 8.13. The molecule has 0 amide bonds. The van der Waals surface area contributed by atoms with Crippen LogP contribution < -0.4 is 10.1 Å². The maximum absolute atomic E-state index is 13.4. The van der Waals surface area contributed by atoms with Gasteiger partial charge in [0, 0.05) is 18.2 Å². The third-order valence-electron chi connectivity index (χ3n) is 8.02. The summed E-state index contributed by atoms with van der Waals surface area (Å²) in [6.45, 7) is 12.0. The lowest BCUT2D eigenvalue weighted by Crippen LogP contribution is -2.35. The molecule has 0 saturated heterocycles. The highest BCUT2D eigenvalue weighted by Crippen LogP contribution is 2.45. The number of carbonyl (C=O) groups excluding carboxylic acids is 1. The molecule has 0 aromatic heterocycles. The number of hydrogen-bond acceptors (Lipinski definition) is 5. The Morgan fingerprint density at radius 2 is 1.80 bits per heavy atom. The van der Waals surface area contributed by atoms with Gasteiger partial charge in [-0.3, -0.25) is 4.79 Å². The number of hydrogen-bond donors (Lipinski definition) is 2. The number of aryl methyl sites for hydroxylation is 1. The zero-order valence-corrected chi connectivity index (χ0v) is 25.5. The largest absolute Gasteiger partial charge is 0.496 e. The summed E-state index contributed by atoms with van der Waals surface area (Å²) in [6, 6.07) is 9.19. The van der Waals surface area contributed by atoms with Gasteiger partial charge in [-0.05, 0) is 99.8 Å². The lowest BCUT2D eigenvalue weighted by Gasteiger charge is -2.35. The number of esters is 1. The van der Waals surface area contributed by atoms with Gasteiger partial charge >= 0.3 is 12.1 Å². The predicted octanol–water partition coefficient (Wildman–Crippen LogP) is 7.44. The van der Waals surface area contributed by atoms with Crippen molar-refractivity contribution in [3.8, 4) is 5.75 Å². The molecule has 0 radical (unpaired) electrons. The van der Waals surface area contributed by atoms with Crippen LogP contribution in [0.1, 0.15) is 87.8 Å². The summed E-state index contributed by atoms with van der Waals surface area (Å²) in [5.41, 5.74) is 3.58. The number of aliphatic hydroxyl groups excluding tert-OH is 1. The van der Waals surface area contributed by atoms with Crippen molar-refractivity contribution >= 4 is 11.5 Å². The Kier molecular flexibility index (Phi) is 10.0. The second kappa shape index (κ2) is 12.6. The summed E-state index contributed by atoms with van der Waals surface area (Å²) in [6.07, 6.45) is -2.47. The fourth-order valence-corrected chi connectivity index (χ4v) is 5.70. The Bertz CT molecular complexity index is 1280. The topological polar surface area (TPSA) is 67.8 Å². The summed E-state index contributed by atoms with van der Waals surface area (Å²) in [5, 5.41) is 14.4. The van der Waals surface area contributed by atoms with Crippen molar-refractivity contribution in [1.29, 1.82) is 0 Å². The number of allylic oxidation sites excluding steroid dienone is 1. The molecular weight excluding hydrogens is 531 g/mol. The molecule has 0 heterocycles. The van der Waals surface area contributed by atoms with Crippen LogP contribution in [0.2, 0.25) is 0 Å². The maximum Gasteiger partial charge on any atom is 0.416 e. The van der Waals surface area contributed by atoms with Crippen LogP contribution in [0.3, 0.4) is 0 Å². The first-order valence-corrected chi connectivity index (χ1v) is 14.0. The summed E-state index contributed by atoms with van der Waals surface area (Å²) < 4.78 is 50.9. The van der Waals surface area contributed by atoms with Crippen molar-refractivity contribution in [3.63, 3.8) is 0 Å². The van der Waals surface area contributed by atoms with Gasteiger partial charge in [-0.1, -0.05) is 37.1 Å². The average Bonchev–Trinajstić information content (AvgIpc) is 2.89. The number of halogens is 3. The molecule has 1 aliphatic rings. The van der Waals surface area contributed by atoms with Crippen molar-refractivity contribution in [2.45, 2.75) is 85.5 Å². The van der Waals surface area contributed by atoms with Gasteiger partial charge in [0.25, 0.3) is 0 Å². The zero-order chi connectivity index (χ0) is 30.8. The molecule has 0 spiro atoms. The highest BCUT2D eigenvalue weighted by molar-refractivity contribution is 5.77. The second-order valence-electron chi connectivity index (χ2n) is 12.8. The van der Waals surface area contributed by atoms with Crippen LogP contribution in [-0.2, 0) is 22.1 Å². The van der Waals surface area contributed by atoms with Crippen LogP contribution >= 0.6 is 0 Å². The molecule has 226 valence electrons. The van der Waals surface area contributed by atoms with Gasteiger partial charge in [0.15, 0.2) is 0 Å². The zero-order valence-electron chi connectivity index (χ0n) is 25.5. The average molecular weight is 576 g/mol. The highest BCUT2D eigenvalue weighted by atomic mass is 19.4. The number of methoxy groups -OCH3 is 2. The van der Waals surface area contributed by atoms with Gasteiger partial charge in [-0.15, -0.1) is 0 Å². The number of rotatable bonds is 10. The van der Waals surface area contributed by atoms with Crippen molar-refractivity contribution in [1.82, 2.24) is 5.32 Å². The minimum atomic E-state index is -4.48. The van der Waals surface area contributed by atoms with Crippen LogP contribution in [0.4, 0.5) is 13.2 Å². The smallest absolute Gasteiger partial charge is 0.416 e. The molecule has 0 aliphatic heterocycles. The lowest BCUT2D eigenvalue weighted by molar-refractivity contribution is -0.150. The third-order valence-corrected chi connectivity index (χ3v) is 8.02. The molecule has 2 atom stereocenters. The van der Waals surface area contributed by atoms with Crippen LogP contribution in [0.15, 0.2) is 42.0 Å². The Morgan fingerprint density at radius 3 is 2.41 bits per heavy atom. The van der Waals surface area contributed by atoms with E-state index in [-0.39, 0.29) is 16.9 Å². The first-order chi connectivity index (χ1) is 19.0. The number of nitrogens with one attached hydrogen (secondary N) is 1. The van der Waals surface area contributed by atoms with Crippen molar-refractivity contribution < 1.29 is 32.5 Å². The number of alkyl halides is 3. The fourth-order valence-electron chi connectivity index (χ4n) is 5.70. The summed E-state index contributed by atoms with van der Waals surface area (Å²) in [7, 11) is 3.03. The second-order valence-corrected chi connectivity index (χ2v) is 12.8. The highest BCUT2D eigenvalue weighted by Gasteiger charge is 2.33. The van der Waals surface area contributed by atoms with Crippen LogP contribution in [0.5, 0.6) is 5.75 Å². The Balaban J connectivity index is 1.93.